The van der Waals surface area contributed by atoms with Crippen LogP contribution in [0.15, 0.2) is 17.1 Å². The molecule has 0 spiro atoms. The number of pyridine rings is 1. The number of rotatable bonds is 3. The summed E-state index contributed by atoms with van der Waals surface area (Å²) in [4.78, 5) is 23.4. The fourth-order valence-corrected chi connectivity index (χ4v) is 1.26. The van der Waals surface area contributed by atoms with Crippen molar-refractivity contribution >= 4 is 11.8 Å². The monoisotopic (exact) mass is 219 g/mol. The lowest BCUT2D eigenvalue weighted by molar-refractivity contribution is -0.386. The first-order valence-electron chi connectivity index (χ1n) is 4.48. The van der Waals surface area contributed by atoms with E-state index in [0.29, 0.717) is 11.1 Å². The number of H-pyrrole nitrogens is 1. The van der Waals surface area contributed by atoms with Crippen LogP contribution in [-0.4, -0.2) is 9.91 Å². The summed E-state index contributed by atoms with van der Waals surface area (Å²) in [5.74, 6) is 0. The second kappa shape index (κ2) is 4.89. The van der Waals surface area contributed by atoms with Crippen LogP contribution in [0.2, 0.25) is 0 Å². The summed E-state index contributed by atoms with van der Waals surface area (Å²) in [5.41, 5.74) is -0.358. The lowest BCUT2D eigenvalue weighted by Crippen LogP contribution is -2.13. The molecule has 0 atom stereocenters. The van der Waals surface area contributed by atoms with E-state index in [1.165, 1.54) is 13.1 Å². The van der Waals surface area contributed by atoms with Gasteiger partial charge in [-0.3, -0.25) is 14.9 Å². The van der Waals surface area contributed by atoms with Gasteiger partial charge in [-0.1, -0.05) is 12.2 Å². The molecular formula is C10H9N3O3. The Hall–Kier alpha value is -2.42. The van der Waals surface area contributed by atoms with Gasteiger partial charge in [0.1, 0.15) is 0 Å². The largest absolute Gasteiger partial charge is 0.337 e. The standard InChI is InChI=1S/C10H9N3O3/c1-7-8(4-2-3-5-11)6-12-10(14)9(7)13(15)16/h2,4,6H,3H2,1H3,(H,12,14). The van der Waals surface area contributed by atoms with E-state index in [4.69, 9.17) is 5.26 Å². The summed E-state index contributed by atoms with van der Waals surface area (Å²) in [6, 6.07) is 1.91. The number of nitro groups is 1. The summed E-state index contributed by atoms with van der Waals surface area (Å²) < 4.78 is 0. The molecule has 0 saturated heterocycles. The van der Waals surface area contributed by atoms with Gasteiger partial charge < -0.3 is 4.98 Å². The highest BCUT2D eigenvalue weighted by molar-refractivity contribution is 5.58. The molecule has 0 aliphatic rings. The van der Waals surface area contributed by atoms with Crippen LogP contribution in [0, 0.1) is 28.4 Å². The molecule has 0 aliphatic heterocycles. The van der Waals surface area contributed by atoms with E-state index in [-0.39, 0.29) is 6.42 Å². The third-order valence-corrected chi connectivity index (χ3v) is 2.05. The van der Waals surface area contributed by atoms with Crippen LogP contribution in [0.4, 0.5) is 5.69 Å². The molecule has 82 valence electrons. The SMILES string of the molecule is Cc1c(C=CCC#N)c[nH]c(=O)c1[N+](=O)[O-]. The Bertz CT molecular complexity index is 537. The minimum Gasteiger partial charge on any atom is -0.323 e. The van der Waals surface area contributed by atoms with Crippen molar-refractivity contribution in [1.29, 1.82) is 5.26 Å². The van der Waals surface area contributed by atoms with Gasteiger partial charge in [-0.2, -0.15) is 5.26 Å². The van der Waals surface area contributed by atoms with Crippen molar-refractivity contribution in [1.82, 2.24) is 4.98 Å². The zero-order chi connectivity index (χ0) is 12.1. The van der Waals surface area contributed by atoms with Gasteiger partial charge in [-0.15, -0.1) is 0 Å². The predicted molar refractivity (Wildman–Crippen MR) is 57.7 cm³/mol. The molecule has 1 aromatic heterocycles. The summed E-state index contributed by atoms with van der Waals surface area (Å²) in [6.07, 6.45) is 4.75. The Kier molecular flexibility index (Phi) is 3.56. The summed E-state index contributed by atoms with van der Waals surface area (Å²) in [7, 11) is 0. The Morgan fingerprint density at radius 2 is 2.38 bits per heavy atom. The molecule has 0 fully saturated rings. The highest BCUT2D eigenvalue weighted by Gasteiger charge is 2.17. The van der Waals surface area contributed by atoms with Gasteiger partial charge in [-0.25, -0.2) is 0 Å². The average Bonchev–Trinajstić information content (AvgIpc) is 2.21. The van der Waals surface area contributed by atoms with Crippen LogP contribution in [0.25, 0.3) is 6.08 Å². The number of hydrogen-bond acceptors (Lipinski definition) is 4. The molecule has 0 radical (unpaired) electrons. The predicted octanol–water partition coefficient (Wildman–Crippen LogP) is 1.52. The van der Waals surface area contributed by atoms with Crippen molar-refractivity contribution in [3.05, 3.63) is 43.9 Å². The zero-order valence-corrected chi connectivity index (χ0v) is 8.56. The Morgan fingerprint density at radius 3 is 2.94 bits per heavy atom. The summed E-state index contributed by atoms with van der Waals surface area (Å²) in [5, 5.41) is 19.0. The lowest BCUT2D eigenvalue weighted by Gasteiger charge is -1.99. The second-order valence-corrected chi connectivity index (χ2v) is 3.07. The number of nitriles is 1. The van der Waals surface area contributed by atoms with E-state index >= 15 is 0 Å². The smallest absolute Gasteiger partial charge is 0.323 e. The normalized spacial score (nSPS) is 10.2. The van der Waals surface area contributed by atoms with E-state index in [0.717, 1.165) is 0 Å². The second-order valence-electron chi connectivity index (χ2n) is 3.07. The maximum Gasteiger partial charge on any atom is 0.337 e. The van der Waals surface area contributed by atoms with E-state index in [2.05, 4.69) is 4.98 Å². The molecule has 1 rings (SSSR count). The van der Waals surface area contributed by atoms with Crippen LogP contribution in [-0.2, 0) is 0 Å². The number of aromatic nitrogens is 1. The maximum absolute atomic E-state index is 11.2. The van der Waals surface area contributed by atoms with E-state index in [1.807, 2.05) is 6.07 Å². The first-order valence-corrected chi connectivity index (χ1v) is 4.48. The zero-order valence-electron chi connectivity index (χ0n) is 8.56. The molecule has 0 aliphatic carbocycles. The Labute approximate surface area is 91.0 Å². The van der Waals surface area contributed by atoms with Gasteiger partial charge in [-0.05, 0) is 6.92 Å². The number of nitrogens with zero attached hydrogens (tertiary/aromatic N) is 2. The van der Waals surface area contributed by atoms with E-state index in [1.54, 1.807) is 12.2 Å². The summed E-state index contributed by atoms with van der Waals surface area (Å²) in [6.45, 7) is 1.50. The summed E-state index contributed by atoms with van der Waals surface area (Å²) >= 11 is 0. The van der Waals surface area contributed by atoms with Gasteiger partial charge in [0, 0.05) is 17.3 Å². The maximum atomic E-state index is 11.2. The molecule has 0 amide bonds. The molecule has 0 unspecified atom stereocenters. The van der Waals surface area contributed by atoms with Gasteiger partial charge in [0.2, 0.25) is 0 Å². The third-order valence-electron chi connectivity index (χ3n) is 2.05. The Balaban J connectivity index is 3.25. The molecule has 16 heavy (non-hydrogen) atoms. The molecule has 1 heterocycles. The van der Waals surface area contributed by atoms with Crippen LogP contribution >= 0.6 is 0 Å². The van der Waals surface area contributed by atoms with Crippen LogP contribution in [0.1, 0.15) is 17.5 Å². The topological polar surface area (TPSA) is 99.8 Å². The molecule has 1 aromatic rings. The van der Waals surface area contributed by atoms with Crippen molar-refractivity contribution in [3.63, 3.8) is 0 Å². The lowest BCUT2D eigenvalue weighted by atomic mass is 10.1. The van der Waals surface area contributed by atoms with Crippen molar-refractivity contribution in [2.75, 3.05) is 0 Å². The van der Waals surface area contributed by atoms with E-state index in [9.17, 15) is 14.9 Å². The molecule has 0 aromatic carbocycles. The first kappa shape index (κ1) is 11.7. The van der Waals surface area contributed by atoms with Gasteiger partial charge in [0.15, 0.2) is 0 Å². The van der Waals surface area contributed by atoms with Crippen LogP contribution < -0.4 is 5.56 Å². The Morgan fingerprint density at radius 1 is 1.69 bits per heavy atom. The molecular weight excluding hydrogens is 210 g/mol. The fraction of sp³-hybridized carbons (Fsp3) is 0.200. The van der Waals surface area contributed by atoms with Gasteiger partial charge >= 0.3 is 11.2 Å². The van der Waals surface area contributed by atoms with E-state index < -0.39 is 16.2 Å². The van der Waals surface area contributed by atoms with Gasteiger partial charge in [0.05, 0.1) is 17.4 Å². The number of aromatic amines is 1. The average molecular weight is 219 g/mol. The minimum atomic E-state index is -0.722. The minimum absolute atomic E-state index is 0.215. The van der Waals surface area contributed by atoms with Crippen LogP contribution in [0.3, 0.4) is 0 Å². The fourth-order valence-electron chi connectivity index (χ4n) is 1.26. The molecule has 6 nitrogen and oxygen atoms in total. The number of allylic oxidation sites excluding steroid dienone is 1. The molecule has 0 saturated carbocycles. The molecule has 6 heteroatoms. The van der Waals surface area contributed by atoms with Gasteiger partial charge in [0.25, 0.3) is 0 Å². The number of hydrogen-bond donors (Lipinski definition) is 1. The van der Waals surface area contributed by atoms with Crippen LogP contribution in [0.5, 0.6) is 0 Å². The third kappa shape index (κ3) is 2.33. The first-order chi connectivity index (χ1) is 7.57. The molecule has 0 bridgehead atoms. The van der Waals surface area contributed by atoms with Crippen molar-refractivity contribution in [2.24, 2.45) is 0 Å². The number of nitrogens with one attached hydrogen (secondary N) is 1. The molecule has 1 N–H and O–H groups in total. The quantitative estimate of drug-likeness (QED) is 0.615. The van der Waals surface area contributed by atoms with Crippen molar-refractivity contribution in [2.45, 2.75) is 13.3 Å². The van der Waals surface area contributed by atoms with Crippen molar-refractivity contribution < 1.29 is 4.92 Å². The highest BCUT2D eigenvalue weighted by atomic mass is 16.6. The highest BCUT2D eigenvalue weighted by Crippen LogP contribution is 2.16. The van der Waals surface area contributed by atoms with Crippen molar-refractivity contribution in [3.8, 4) is 6.07 Å².